The minimum atomic E-state index is -0.659. The summed E-state index contributed by atoms with van der Waals surface area (Å²) >= 11 is 5.79. The lowest BCUT2D eigenvalue weighted by Gasteiger charge is -2.05. The van der Waals surface area contributed by atoms with Crippen LogP contribution in [0.1, 0.15) is 26.4 Å². The summed E-state index contributed by atoms with van der Waals surface area (Å²) < 4.78 is 6.25. The second-order valence-corrected chi connectivity index (χ2v) is 5.74. The number of hydrogen-bond acceptors (Lipinski definition) is 6. The number of nitrogens with zero attached hydrogens (tertiary/aromatic N) is 3. The third-order valence-corrected chi connectivity index (χ3v) is 3.86. The van der Waals surface area contributed by atoms with Crippen molar-refractivity contribution in [3.05, 3.63) is 82.6 Å². The molecule has 0 saturated carbocycles. The molecule has 27 heavy (non-hydrogen) atoms. The van der Waals surface area contributed by atoms with Crippen LogP contribution < -0.4 is 0 Å². The summed E-state index contributed by atoms with van der Waals surface area (Å²) in [6, 6.07) is 15.3. The van der Waals surface area contributed by atoms with E-state index in [-0.39, 0.29) is 5.56 Å². The Morgan fingerprint density at radius 1 is 1.07 bits per heavy atom. The van der Waals surface area contributed by atoms with Gasteiger partial charge >= 0.3 is 11.9 Å². The summed E-state index contributed by atoms with van der Waals surface area (Å²) in [6.07, 6.45) is 2.60. The lowest BCUT2D eigenvalue weighted by atomic mass is 10.2. The molecular weight excluding hydrogens is 370 g/mol. The number of aromatic nitrogens is 2. The van der Waals surface area contributed by atoms with E-state index in [1.807, 2.05) is 30.3 Å². The monoisotopic (exact) mass is 383 g/mol. The van der Waals surface area contributed by atoms with Gasteiger partial charge < -0.3 is 9.57 Å². The molecule has 0 amide bonds. The normalized spacial score (nSPS) is 10.7. The molecule has 136 valence electrons. The van der Waals surface area contributed by atoms with Crippen LogP contribution in [0.4, 0.5) is 0 Å². The molecule has 0 atom stereocenters. The average molecular weight is 384 g/mol. The zero-order chi connectivity index (χ0) is 19.2. The number of rotatable bonds is 5. The summed E-state index contributed by atoms with van der Waals surface area (Å²) in [5.74, 6) is -1.24. The minimum absolute atomic E-state index is 0.188. The molecule has 0 fully saturated rings. The number of hydrogen-bond donors (Lipinski definition) is 0. The van der Waals surface area contributed by atoms with Gasteiger partial charge in [-0.2, -0.15) is 5.10 Å². The van der Waals surface area contributed by atoms with Crippen LogP contribution in [-0.2, 0) is 9.57 Å². The van der Waals surface area contributed by atoms with Crippen molar-refractivity contribution in [2.45, 2.75) is 0 Å². The second kappa shape index (κ2) is 8.29. The van der Waals surface area contributed by atoms with E-state index >= 15 is 0 Å². The van der Waals surface area contributed by atoms with Gasteiger partial charge in [0.15, 0.2) is 0 Å². The van der Waals surface area contributed by atoms with Crippen LogP contribution in [0.15, 0.2) is 65.9 Å². The Labute approximate surface area is 159 Å². The van der Waals surface area contributed by atoms with Crippen LogP contribution >= 0.6 is 11.6 Å². The van der Waals surface area contributed by atoms with Gasteiger partial charge in [-0.15, -0.1) is 0 Å². The van der Waals surface area contributed by atoms with Crippen molar-refractivity contribution in [3.63, 3.8) is 0 Å². The van der Waals surface area contributed by atoms with E-state index in [0.29, 0.717) is 22.0 Å². The first-order valence-corrected chi connectivity index (χ1v) is 8.20. The van der Waals surface area contributed by atoms with Gasteiger partial charge in [0, 0.05) is 5.02 Å². The highest BCUT2D eigenvalue weighted by molar-refractivity contribution is 6.30. The number of ether oxygens (including phenoxy) is 1. The molecule has 8 heteroatoms. The van der Waals surface area contributed by atoms with E-state index in [0.717, 1.165) is 0 Å². The molecule has 3 rings (SSSR count). The van der Waals surface area contributed by atoms with Crippen molar-refractivity contribution in [2.75, 3.05) is 7.11 Å². The van der Waals surface area contributed by atoms with Gasteiger partial charge in [0.25, 0.3) is 0 Å². The van der Waals surface area contributed by atoms with E-state index in [1.54, 1.807) is 12.1 Å². The molecule has 2 aromatic carbocycles. The Morgan fingerprint density at radius 3 is 2.44 bits per heavy atom. The number of para-hydroxylation sites is 1. The highest BCUT2D eigenvalue weighted by Gasteiger charge is 2.18. The van der Waals surface area contributed by atoms with Gasteiger partial charge in [-0.3, -0.25) is 0 Å². The number of carbonyl (C=O) groups is 2. The van der Waals surface area contributed by atoms with Crippen molar-refractivity contribution >= 4 is 29.8 Å². The van der Waals surface area contributed by atoms with Crippen LogP contribution in [-0.4, -0.2) is 35.0 Å². The lowest BCUT2D eigenvalue weighted by Crippen LogP contribution is -2.08. The standard InChI is InChI=1S/C19H14ClN3O4/c1-26-19(25)16-11-21-23(15-5-3-2-4-6-15)17(16)12-22-27-18(24)13-7-9-14(20)10-8-13/h2-12H,1H3. The maximum atomic E-state index is 12.0. The number of benzene rings is 2. The molecule has 0 aliphatic rings. The summed E-state index contributed by atoms with van der Waals surface area (Å²) in [5.41, 5.74) is 1.50. The first kappa shape index (κ1) is 18.3. The molecular formula is C19H14ClN3O4. The quantitative estimate of drug-likeness (QED) is 0.291. The second-order valence-electron chi connectivity index (χ2n) is 5.30. The number of oxime groups is 1. The fourth-order valence-corrected chi connectivity index (χ4v) is 2.41. The van der Waals surface area contributed by atoms with E-state index < -0.39 is 11.9 Å². The zero-order valence-electron chi connectivity index (χ0n) is 14.2. The van der Waals surface area contributed by atoms with Gasteiger partial charge in [-0.05, 0) is 36.4 Å². The molecule has 0 spiro atoms. The molecule has 1 heterocycles. The fraction of sp³-hybridized carbons (Fsp3) is 0.0526. The highest BCUT2D eigenvalue weighted by atomic mass is 35.5. The number of carbonyl (C=O) groups excluding carboxylic acids is 2. The third kappa shape index (κ3) is 4.21. The van der Waals surface area contributed by atoms with Crippen molar-refractivity contribution < 1.29 is 19.2 Å². The molecule has 0 aliphatic carbocycles. The van der Waals surface area contributed by atoms with Crippen molar-refractivity contribution in [3.8, 4) is 5.69 Å². The Hall–Kier alpha value is -3.45. The molecule has 0 N–H and O–H groups in total. The highest BCUT2D eigenvalue weighted by Crippen LogP contribution is 2.15. The van der Waals surface area contributed by atoms with Gasteiger partial charge in [-0.1, -0.05) is 35.0 Å². The molecule has 3 aromatic rings. The molecule has 0 saturated heterocycles. The van der Waals surface area contributed by atoms with Crippen LogP contribution in [0.5, 0.6) is 0 Å². The number of methoxy groups -OCH3 is 1. The summed E-state index contributed by atoms with van der Waals surface area (Å²) in [6.45, 7) is 0. The van der Waals surface area contributed by atoms with E-state index in [4.69, 9.17) is 21.2 Å². The fourth-order valence-electron chi connectivity index (χ4n) is 2.29. The Morgan fingerprint density at radius 2 is 1.78 bits per heavy atom. The topological polar surface area (TPSA) is 82.8 Å². The van der Waals surface area contributed by atoms with Crippen LogP contribution in [0.25, 0.3) is 5.69 Å². The molecule has 0 aliphatic heterocycles. The van der Waals surface area contributed by atoms with Crippen molar-refractivity contribution in [1.82, 2.24) is 9.78 Å². The molecule has 1 aromatic heterocycles. The van der Waals surface area contributed by atoms with Gasteiger partial charge in [-0.25, -0.2) is 14.3 Å². The first-order valence-electron chi connectivity index (χ1n) is 7.82. The van der Waals surface area contributed by atoms with Gasteiger partial charge in [0.1, 0.15) is 11.3 Å². The Balaban J connectivity index is 1.87. The summed E-state index contributed by atoms with van der Waals surface area (Å²) in [7, 11) is 1.27. The lowest BCUT2D eigenvalue weighted by molar-refractivity contribution is 0.0519. The molecule has 0 unspecified atom stereocenters. The maximum Gasteiger partial charge on any atom is 0.365 e. The molecule has 0 bridgehead atoms. The predicted molar refractivity (Wildman–Crippen MR) is 99.4 cm³/mol. The van der Waals surface area contributed by atoms with Crippen LogP contribution in [0, 0.1) is 0 Å². The molecule has 0 radical (unpaired) electrons. The van der Waals surface area contributed by atoms with E-state index in [1.165, 1.54) is 36.3 Å². The summed E-state index contributed by atoms with van der Waals surface area (Å²) in [5, 5.41) is 8.39. The van der Waals surface area contributed by atoms with E-state index in [9.17, 15) is 9.59 Å². The summed E-state index contributed by atoms with van der Waals surface area (Å²) in [4.78, 5) is 28.9. The van der Waals surface area contributed by atoms with Gasteiger partial charge in [0.2, 0.25) is 0 Å². The first-order chi connectivity index (χ1) is 13.1. The predicted octanol–water partition coefficient (Wildman–Crippen LogP) is 3.50. The Kier molecular flexibility index (Phi) is 5.63. The van der Waals surface area contributed by atoms with Crippen LogP contribution in [0.2, 0.25) is 5.02 Å². The third-order valence-electron chi connectivity index (χ3n) is 3.60. The van der Waals surface area contributed by atoms with Crippen LogP contribution in [0.3, 0.4) is 0 Å². The number of halogens is 1. The minimum Gasteiger partial charge on any atom is -0.465 e. The number of esters is 1. The SMILES string of the molecule is COC(=O)c1cnn(-c2ccccc2)c1C=NOC(=O)c1ccc(Cl)cc1. The van der Waals surface area contributed by atoms with E-state index in [2.05, 4.69) is 10.3 Å². The molecule has 7 nitrogen and oxygen atoms in total. The maximum absolute atomic E-state index is 12.0. The van der Waals surface area contributed by atoms with Gasteiger partial charge in [0.05, 0.1) is 30.8 Å². The smallest absolute Gasteiger partial charge is 0.365 e. The van der Waals surface area contributed by atoms with Crippen molar-refractivity contribution in [2.24, 2.45) is 5.16 Å². The zero-order valence-corrected chi connectivity index (χ0v) is 15.0. The Bertz CT molecular complexity index is 982. The van der Waals surface area contributed by atoms with Crippen molar-refractivity contribution in [1.29, 1.82) is 0 Å². The average Bonchev–Trinajstić information content (AvgIpc) is 3.12. The largest absolute Gasteiger partial charge is 0.465 e.